The second-order valence-corrected chi connectivity index (χ2v) is 8.18. The summed E-state index contributed by atoms with van der Waals surface area (Å²) in [5.74, 6) is 1.45. The number of ether oxygens (including phenoxy) is 2. The van der Waals surface area contributed by atoms with Crippen molar-refractivity contribution < 1.29 is 9.47 Å². The number of aliphatic imine (C=N–C) groups is 1. The molecule has 164 valence electrons. The van der Waals surface area contributed by atoms with E-state index in [0.717, 1.165) is 58.1 Å². The first-order chi connectivity index (χ1) is 13.7. The van der Waals surface area contributed by atoms with Gasteiger partial charge in [-0.05, 0) is 37.0 Å². The molecular formula is C22H37IN4O2. The molecule has 0 unspecified atom stereocenters. The van der Waals surface area contributed by atoms with Crippen LogP contribution in [-0.4, -0.2) is 63.9 Å². The van der Waals surface area contributed by atoms with E-state index in [1.54, 1.807) is 7.11 Å². The molecule has 0 amide bonds. The minimum atomic E-state index is 0. The van der Waals surface area contributed by atoms with E-state index >= 15 is 0 Å². The molecule has 1 heterocycles. The van der Waals surface area contributed by atoms with Gasteiger partial charge in [0.15, 0.2) is 5.96 Å². The number of hydrogen-bond acceptors (Lipinski definition) is 4. The zero-order valence-corrected chi connectivity index (χ0v) is 20.0. The smallest absolute Gasteiger partial charge is 0.188 e. The zero-order valence-electron chi connectivity index (χ0n) is 17.7. The van der Waals surface area contributed by atoms with Gasteiger partial charge >= 0.3 is 0 Å². The molecule has 0 atom stereocenters. The minimum Gasteiger partial charge on any atom is -0.497 e. The summed E-state index contributed by atoms with van der Waals surface area (Å²) >= 11 is 0. The summed E-state index contributed by atoms with van der Waals surface area (Å²) in [4.78, 5) is 7.30. The van der Waals surface area contributed by atoms with E-state index in [4.69, 9.17) is 20.2 Å². The van der Waals surface area contributed by atoms with Crippen LogP contribution in [0.2, 0.25) is 0 Å². The summed E-state index contributed by atoms with van der Waals surface area (Å²) in [5.41, 5.74) is 7.71. The summed E-state index contributed by atoms with van der Waals surface area (Å²) in [6.45, 7) is 6.54. The van der Waals surface area contributed by atoms with Gasteiger partial charge in [-0.3, -0.25) is 9.89 Å². The van der Waals surface area contributed by atoms with Crippen molar-refractivity contribution in [3.63, 3.8) is 0 Å². The number of guanidine groups is 1. The lowest BCUT2D eigenvalue weighted by atomic mass is 9.73. The van der Waals surface area contributed by atoms with Crippen LogP contribution >= 0.6 is 24.0 Å². The second-order valence-electron chi connectivity index (χ2n) is 8.18. The Balaban J connectivity index is 0.00000300. The molecular weight excluding hydrogens is 479 g/mol. The van der Waals surface area contributed by atoms with Gasteiger partial charge in [0.05, 0.1) is 20.3 Å². The first-order valence-corrected chi connectivity index (χ1v) is 10.7. The Morgan fingerprint density at radius 1 is 1.17 bits per heavy atom. The van der Waals surface area contributed by atoms with Gasteiger partial charge in [0.2, 0.25) is 0 Å². The Bertz CT molecular complexity index is 612. The fourth-order valence-electron chi connectivity index (χ4n) is 4.34. The molecule has 7 heteroatoms. The number of halogens is 1. The molecule has 29 heavy (non-hydrogen) atoms. The van der Waals surface area contributed by atoms with E-state index in [0.29, 0.717) is 5.96 Å². The molecule has 3 rings (SSSR count). The summed E-state index contributed by atoms with van der Waals surface area (Å²) < 4.78 is 10.7. The number of nitrogens with zero attached hydrogens (tertiary/aromatic N) is 2. The number of hydrogen-bond donors (Lipinski definition) is 2. The Hall–Kier alpha value is -1.06. The van der Waals surface area contributed by atoms with Crippen LogP contribution < -0.4 is 15.8 Å². The lowest BCUT2D eigenvalue weighted by Crippen LogP contribution is -2.46. The van der Waals surface area contributed by atoms with E-state index in [2.05, 4.69) is 22.3 Å². The van der Waals surface area contributed by atoms with Crippen LogP contribution in [0, 0.1) is 5.41 Å². The lowest BCUT2D eigenvalue weighted by molar-refractivity contribution is 0.00939. The molecule has 0 radical (unpaired) electrons. The molecule has 1 aromatic carbocycles. The number of benzene rings is 1. The van der Waals surface area contributed by atoms with Crippen LogP contribution in [0.4, 0.5) is 0 Å². The number of rotatable bonds is 8. The third-order valence-electron chi connectivity index (χ3n) is 6.04. The van der Waals surface area contributed by atoms with E-state index in [1.165, 1.54) is 37.7 Å². The van der Waals surface area contributed by atoms with Gasteiger partial charge in [-0.1, -0.05) is 31.4 Å². The standard InChI is InChI=1S/C22H36N4O2.HI/c1-27-20-7-5-19(6-8-20)9-12-24-21(23)25-17-22(10-3-2-4-11-22)18-26-13-15-28-16-14-26;/h5-8H,2-4,9-18H2,1H3,(H3,23,24,25);1H. The lowest BCUT2D eigenvalue weighted by Gasteiger charge is -2.41. The Labute approximate surface area is 192 Å². The molecule has 0 bridgehead atoms. The third kappa shape index (κ3) is 7.94. The monoisotopic (exact) mass is 516 g/mol. The molecule has 3 N–H and O–H groups in total. The van der Waals surface area contributed by atoms with Crippen LogP contribution in [0.15, 0.2) is 29.3 Å². The van der Waals surface area contributed by atoms with Crippen molar-refractivity contribution in [1.82, 2.24) is 10.2 Å². The van der Waals surface area contributed by atoms with Gasteiger partial charge in [-0.25, -0.2) is 0 Å². The average Bonchev–Trinajstić information content (AvgIpc) is 2.74. The Morgan fingerprint density at radius 3 is 2.52 bits per heavy atom. The van der Waals surface area contributed by atoms with Gasteiger partial charge in [0.25, 0.3) is 0 Å². The summed E-state index contributed by atoms with van der Waals surface area (Å²) in [7, 11) is 1.69. The maximum Gasteiger partial charge on any atom is 0.188 e. The summed E-state index contributed by atoms with van der Waals surface area (Å²) in [5, 5.41) is 3.28. The van der Waals surface area contributed by atoms with E-state index in [9.17, 15) is 0 Å². The molecule has 1 aliphatic carbocycles. The van der Waals surface area contributed by atoms with Crippen LogP contribution in [0.5, 0.6) is 5.75 Å². The zero-order chi connectivity index (χ0) is 19.7. The predicted molar refractivity (Wildman–Crippen MR) is 129 cm³/mol. The molecule has 1 saturated heterocycles. The van der Waals surface area contributed by atoms with Gasteiger partial charge in [0.1, 0.15) is 5.75 Å². The molecule has 0 spiro atoms. The van der Waals surface area contributed by atoms with Crippen molar-refractivity contribution in [1.29, 1.82) is 0 Å². The molecule has 2 aliphatic rings. The SMILES string of the molecule is COc1ccc(CCNC(N)=NCC2(CN3CCOCC3)CCCCC2)cc1.I. The van der Waals surface area contributed by atoms with Gasteiger partial charge in [0, 0.05) is 38.1 Å². The van der Waals surface area contributed by atoms with Crippen molar-refractivity contribution in [3.05, 3.63) is 29.8 Å². The number of morpholine rings is 1. The first kappa shape index (κ1) is 24.2. The molecule has 1 aromatic rings. The molecule has 6 nitrogen and oxygen atoms in total. The van der Waals surface area contributed by atoms with Gasteiger partial charge in [-0.2, -0.15) is 0 Å². The van der Waals surface area contributed by atoms with E-state index in [1.807, 2.05) is 12.1 Å². The van der Waals surface area contributed by atoms with Crippen LogP contribution in [0.1, 0.15) is 37.7 Å². The second kappa shape index (κ2) is 12.6. The molecule has 0 aromatic heterocycles. The predicted octanol–water partition coefficient (Wildman–Crippen LogP) is 3.04. The van der Waals surface area contributed by atoms with Crippen molar-refractivity contribution >= 4 is 29.9 Å². The van der Waals surface area contributed by atoms with Gasteiger partial charge in [-0.15, -0.1) is 24.0 Å². The van der Waals surface area contributed by atoms with Gasteiger partial charge < -0.3 is 20.5 Å². The highest BCUT2D eigenvalue weighted by molar-refractivity contribution is 14.0. The van der Waals surface area contributed by atoms with Crippen LogP contribution in [-0.2, 0) is 11.2 Å². The van der Waals surface area contributed by atoms with E-state index in [-0.39, 0.29) is 29.4 Å². The molecule has 1 aliphatic heterocycles. The number of nitrogens with one attached hydrogen (secondary N) is 1. The highest BCUT2D eigenvalue weighted by Crippen LogP contribution is 2.37. The fourth-order valence-corrected chi connectivity index (χ4v) is 4.34. The van der Waals surface area contributed by atoms with Crippen molar-refractivity contribution in [2.24, 2.45) is 16.1 Å². The topological polar surface area (TPSA) is 72.1 Å². The molecule has 2 fully saturated rings. The first-order valence-electron chi connectivity index (χ1n) is 10.7. The van der Waals surface area contributed by atoms with Crippen LogP contribution in [0.3, 0.4) is 0 Å². The quantitative estimate of drug-likeness (QED) is 0.316. The summed E-state index contributed by atoms with van der Waals surface area (Å²) in [6, 6.07) is 8.16. The Morgan fingerprint density at radius 2 is 1.86 bits per heavy atom. The van der Waals surface area contributed by atoms with E-state index < -0.39 is 0 Å². The Kier molecular flexibility index (Phi) is 10.5. The highest BCUT2D eigenvalue weighted by Gasteiger charge is 2.34. The highest BCUT2D eigenvalue weighted by atomic mass is 127. The fraction of sp³-hybridized carbons (Fsp3) is 0.682. The van der Waals surface area contributed by atoms with Crippen LogP contribution in [0.25, 0.3) is 0 Å². The normalized spacial score (nSPS) is 20.0. The van der Waals surface area contributed by atoms with Crippen molar-refractivity contribution in [2.75, 3.05) is 53.0 Å². The average molecular weight is 516 g/mol. The van der Waals surface area contributed by atoms with Crippen molar-refractivity contribution in [2.45, 2.75) is 38.5 Å². The molecule has 1 saturated carbocycles. The minimum absolute atomic E-state index is 0. The maximum absolute atomic E-state index is 6.18. The third-order valence-corrected chi connectivity index (χ3v) is 6.04. The largest absolute Gasteiger partial charge is 0.497 e. The number of nitrogens with two attached hydrogens (primary N) is 1. The van der Waals surface area contributed by atoms with Crippen molar-refractivity contribution in [3.8, 4) is 5.75 Å². The maximum atomic E-state index is 6.18. The summed E-state index contributed by atoms with van der Waals surface area (Å²) in [6.07, 6.45) is 7.40. The number of methoxy groups -OCH3 is 1.